The van der Waals surface area contributed by atoms with Crippen molar-refractivity contribution in [2.45, 2.75) is 30.4 Å². The number of nitrogens with one attached hydrogen (secondary N) is 1. The summed E-state index contributed by atoms with van der Waals surface area (Å²) in [7, 11) is -3.60. The maximum absolute atomic E-state index is 12.8. The molecule has 0 spiro atoms. The summed E-state index contributed by atoms with van der Waals surface area (Å²) in [5.74, 6) is 0.251. The SMILES string of the molecule is O=C(c1ccc(S(=O)(=O)NCCc2cccs2)cc1)N1CCC(C2OCCO2)CC1. The van der Waals surface area contributed by atoms with Gasteiger partial charge in [0, 0.05) is 36.0 Å². The van der Waals surface area contributed by atoms with Gasteiger partial charge in [-0.05, 0) is 55.0 Å². The Labute approximate surface area is 181 Å². The maximum atomic E-state index is 12.8. The van der Waals surface area contributed by atoms with E-state index >= 15 is 0 Å². The Balaban J connectivity index is 1.30. The fraction of sp³-hybridized carbons (Fsp3) is 0.476. The zero-order valence-corrected chi connectivity index (χ0v) is 18.3. The smallest absolute Gasteiger partial charge is 0.253 e. The van der Waals surface area contributed by atoms with E-state index in [-0.39, 0.29) is 17.1 Å². The fourth-order valence-electron chi connectivity index (χ4n) is 3.83. The number of hydrogen-bond donors (Lipinski definition) is 1. The van der Waals surface area contributed by atoms with E-state index in [9.17, 15) is 13.2 Å². The van der Waals surface area contributed by atoms with Crippen LogP contribution in [0.3, 0.4) is 0 Å². The number of ether oxygens (including phenoxy) is 2. The molecule has 1 aromatic heterocycles. The molecule has 1 aromatic carbocycles. The number of carbonyl (C=O) groups is 1. The molecule has 1 N–H and O–H groups in total. The Morgan fingerprint density at radius 3 is 2.43 bits per heavy atom. The molecule has 2 aliphatic rings. The number of amides is 1. The summed E-state index contributed by atoms with van der Waals surface area (Å²) >= 11 is 1.60. The molecular weight excluding hydrogens is 424 g/mol. The van der Waals surface area contributed by atoms with Crippen molar-refractivity contribution in [3.05, 3.63) is 52.2 Å². The third-order valence-electron chi connectivity index (χ3n) is 5.51. The van der Waals surface area contributed by atoms with Crippen molar-refractivity contribution in [2.75, 3.05) is 32.8 Å². The van der Waals surface area contributed by atoms with Crippen LogP contribution in [0, 0.1) is 5.92 Å². The average Bonchev–Trinajstić information content (AvgIpc) is 3.48. The number of sulfonamides is 1. The van der Waals surface area contributed by atoms with E-state index in [1.807, 2.05) is 22.4 Å². The molecule has 1 amide bonds. The van der Waals surface area contributed by atoms with Gasteiger partial charge in [-0.3, -0.25) is 4.79 Å². The minimum absolute atomic E-state index is 0.0729. The number of rotatable bonds is 7. The molecular formula is C21H26N2O5S2. The summed E-state index contributed by atoms with van der Waals surface area (Å²) in [5.41, 5.74) is 0.499. The molecule has 3 heterocycles. The first-order valence-corrected chi connectivity index (χ1v) is 12.5. The lowest BCUT2D eigenvalue weighted by Gasteiger charge is -2.33. The molecule has 0 unspecified atom stereocenters. The van der Waals surface area contributed by atoms with Gasteiger partial charge in [-0.15, -0.1) is 11.3 Å². The predicted molar refractivity (Wildman–Crippen MR) is 114 cm³/mol. The third-order valence-corrected chi connectivity index (χ3v) is 7.93. The van der Waals surface area contributed by atoms with Crippen molar-refractivity contribution in [3.8, 4) is 0 Å². The van der Waals surface area contributed by atoms with Crippen LogP contribution in [0.5, 0.6) is 0 Å². The van der Waals surface area contributed by atoms with Crippen molar-refractivity contribution in [3.63, 3.8) is 0 Å². The topological polar surface area (TPSA) is 84.9 Å². The molecule has 4 rings (SSSR count). The van der Waals surface area contributed by atoms with Gasteiger partial charge in [0.1, 0.15) is 0 Å². The molecule has 0 bridgehead atoms. The van der Waals surface area contributed by atoms with Gasteiger partial charge in [-0.25, -0.2) is 13.1 Å². The second-order valence-electron chi connectivity index (χ2n) is 7.49. The Kier molecular flexibility index (Phi) is 6.84. The highest BCUT2D eigenvalue weighted by Gasteiger charge is 2.32. The third kappa shape index (κ3) is 5.09. The van der Waals surface area contributed by atoms with Gasteiger partial charge in [0.25, 0.3) is 5.91 Å². The van der Waals surface area contributed by atoms with Crippen LogP contribution >= 0.6 is 11.3 Å². The van der Waals surface area contributed by atoms with E-state index in [0.717, 1.165) is 17.7 Å². The quantitative estimate of drug-likeness (QED) is 0.701. The summed E-state index contributed by atoms with van der Waals surface area (Å²) in [5, 5.41) is 1.97. The number of thiophene rings is 1. The second kappa shape index (κ2) is 9.57. The van der Waals surface area contributed by atoms with Gasteiger partial charge in [-0.1, -0.05) is 6.07 Å². The lowest BCUT2D eigenvalue weighted by molar-refractivity contribution is -0.0956. The van der Waals surface area contributed by atoms with Crippen LogP contribution in [0.2, 0.25) is 0 Å². The average molecular weight is 451 g/mol. The van der Waals surface area contributed by atoms with E-state index in [2.05, 4.69) is 4.72 Å². The van der Waals surface area contributed by atoms with E-state index in [1.54, 1.807) is 23.5 Å². The Morgan fingerprint density at radius 2 is 1.80 bits per heavy atom. The van der Waals surface area contributed by atoms with E-state index in [1.165, 1.54) is 12.1 Å². The summed E-state index contributed by atoms with van der Waals surface area (Å²) in [6, 6.07) is 10.1. The van der Waals surface area contributed by atoms with E-state index < -0.39 is 10.0 Å². The van der Waals surface area contributed by atoms with Crippen LogP contribution < -0.4 is 4.72 Å². The number of nitrogens with zero attached hydrogens (tertiary/aromatic N) is 1. The monoisotopic (exact) mass is 450 g/mol. The van der Waals surface area contributed by atoms with Gasteiger partial charge in [0.2, 0.25) is 10.0 Å². The molecule has 0 atom stereocenters. The summed E-state index contributed by atoms with van der Waals surface area (Å²) in [6.07, 6.45) is 2.20. The van der Waals surface area contributed by atoms with Crippen molar-refractivity contribution >= 4 is 27.3 Å². The minimum atomic E-state index is -3.60. The molecule has 162 valence electrons. The zero-order chi connectivity index (χ0) is 21.0. The molecule has 9 heteroatoms. The highest BCUT2D eigenvalue weighted by atomic mass is 32.2. The molecule has 2 fully saturated rings. The molecule has 0 saturated carbocycles. The number of carbonyl (C=O) groups excluding carboxylic acids is 1. The number of benzene rings is 1. The van der Waals surface area contributed by atoms with Gasteiger partial charge in [0.15, 0.2) is 6.29 Å². The first-order valence-electron chi connectivity index (χ1n) is 10.2. The maximum Gasteiger partial charge on any atom is 0.253 e. The normalized spacial score (nSPS) is 18.7. The van der Waals surface area contributed by atoms with Crippen LogP contribution in [0.25, 0.3) is 0 Å². The summed E-state index contributed by atoms with van der Waals surface area (Å²) in [4.78, 5) is 15.9. The van der Waals surface area contributed by atoms with Crippen molar-refractivity contribution in [1.82, 2.24) is 9.62 Å². The minimum Gasteiger partial charge on any atom is -0.350 e. The molecule has 0 radical (unpaired) electrons. The molecule has 2 saturated heterocycles. The fourth-order valence-corrected chi connectivity index (χ4v) is 5.57. The molecule has 2 aromatic rings. The van der Waals surface area contributed by atoms with Crippen LogP contribution in [-0.2, 0) is 25.9 Å². The number of likely N-dealkylation sites (tertiary alicyclic amines) is 1. The highest BCUT2D eigenvalue weighted by molar-refractivity contribution is 7.89. The Hall–Kier alpha value is -1.78. The van der Waals surface area contributed by atoms with Crippen molar-refractivity contribution in [2.24, 2.45) is 5.92 Å². The van der Waals surface area contributed by atoms with Crippen LogP contribution in [0.15, 0.2) is 46.7 Å². The van der Waals surface area contributed by atoms with Crippen LogP contribution in [-0.4, -0.2) is 58.4 Å². The summed E-state index contributed by atoms with van der Waals surface area (Å²) < 4.78 is 38.7. The van der Waals surface area contributed by atoms with Gasteiger partial charge < -0.3 is 14.4 Å². The largest absolute Gasteiger partial charge is 0.350 e. The van der Waals surface area contributed by atoms with Crippen LogP contribution in [0.4, 0.5) is 0 Å². The molecule has 0 aliphatic carbocycles. The van der Waals surface area contributed by atoms with E-state index in [4.69, 9.17) is 9.47 Å². The lowest BCUT2D eigenvalue weighted by atomic mass is 9.95. The van der Waals surface area contributed by atoms with Gasteiger partial charge in [0.05, 0.1) is 18.1 Å². The standard InChI is InChI=1S/C21H26N2O5S2/c24-20(23-11-8-17(9-12-23)21-27-13-14-28-21)16-3-5-19(6-4-16)30(25,26)22-10-7-18-2-1-15-29-18/h1-6,15,17,21-22H,7-14H2. The second-order valence-corrected chi connectivity index (χ2v) is 10.3. The summed E-state index contributed by atoms with van der Waals surface area (Å²) in [6.45, 7) is 2.92. The first-order chi connectivity index (χ1) is 14.5. The Morgan fingerprint density at radius 1 is 1.10 bits per heavy atom. The number of piperidine rings is 1. The molecule has 7 nitrogen and oxygen atoms in total. The van der Waals surface area contributed by atoms with Gasteiger partial charge >= 0.3 is 0 Å². The van der Waals surface area contributed by atoms with E-state index in [0.29, 0.717) is 50.8 Å². The van der Waals surface area contributed by atoms with Crippen LogP contribution in [0.1, 0.15) is 28.1 Å². The van der Waals surface area contributed by atoms with Gasteiger partial charge in [-0.2, -0.15) is 0 Å². The highest BCUT2D eigenvalue weighted by Crippen LogP contribution is 2.26. The zero-order valence-electron chi connectivity index (χ0n) is 16.7. The number of hydrogen-bond acceptors (Lipinski definition) is 6. The van der Waals surface area contributed by atoms with Crippen molar-refractivity contribution in [1.29, 1.82) is 0 Å². The molecule has 2 aliphatic heterocycles. The first kappa shape index (κ1) is 21.5. The molecule has 30 heavy (non-hydrogen) atoms. The van der Waals surface area contributed by atoms with Crippen molar-refractivity contribution < 1.29 is 22.7 Å². The predicted octanol–water partition coefficient (Wildman–Crippen LogP) is 2.49. The lowest BCUT2D eigenvalue weighted by Crippen LogP contribution is -2.41. The Bertz CT molecular complexity index is 930.